The normalized spacial score (nSPS) is 14.3. The van der Waals surface area contributed by atoms with Gasteiger partial charge < -0.3 is 10.6 Å². The quantitative estimate of drug-likeness (QED) is 0.316. The van der Waals surface area contributed by atoms with Gasteiger partial charge >= 0.3 is 6.18 Å². The molecule has 3 aromatic carbocycles. The highest BCUT2D eigenvalue weighted by atomic mass is 35.5. The molecule has 14 heteroatoms. The van der Waals surface area contributed by atoms with Gasteiger partial charge in [0, 0.05) is 48.7 Å². The van der Waals surface area contributed by atoms with Crippen molar-refractivity contribution in [2.75, 3.05) is 37.2 Å². The molecule has 2 N–H and O–H groups in total. The fourth-order valence-electron chi connectivity index (χ4n) is 4.97. The molecule has 3 aromatic rings. The maximum Gasteiger partial charge on any atom is 0.416 e. The van der Waals surface area contributed by atoms with E-state index in [0.717, 1.165) is 33.8 Å². The summed E-state index contributed by atoms with van der Waals surface area (Å²) in [6.07, 6.45) is -4.02. The number of rotatable bonds is 10. The number of likely N-dealkylation sites (tertiary alicyclic amines) is 1. The zero-order valence-corrected chi connectivity index (χ0v) is 25.5. The van der Waals surface area contributed by atoms with Gasteiger partial charge in [0.15, 0.2) is 0 Å². The lowest BCUT2D eigenvalue weighted by molar-refractivity contribution is -0.137. The van der Waals surface area contributed by atoms with E-state index in [1.807, 2.05) is 29.2 Å². The molecular weight excluding hydrogens is 628 g/mol. The SMILES string of the molecule is CNC(=O)CCNC(=O)c1cc(N(C2CN(C(c3ccc(Cl)cc3)c3ccc(Cl)cc3)C2)S(C)(=O)=O)cc(C(F)(F)F)c1. The molecule has 4 rings (SSSR count). The van der Waals surface area contributed by atoms with Gasteiger partial charge in [0.1, 0.15) is 0 Å². The Morgan fingerprint density at radius 2 is 1.51 bits per heavy atom. The topological polar surface area (TPSA) is 98.8 Å². The lowest BCUT2D eigenvalue weighted by Crippen LogP contribution is -2.61. The number of nitrogens with one attached hydrogen (secondary N) is 2. The first kappa shape index (κ1) is 32.6. The predicted octanol–water partition coefficient (Wildman–Crippen LogP) is 5.12. The van der Waals surface area contributed by atoms with Crippen molar-refractivity contribution >= 4 is 50.7 Å². The molecule has 1 saturated heterocycles. The number of carbonyl (C=O) groups is 2. The summed E-state index contributed by atoms with van der Waals surface area (Å²) in [4.78, 5) is 26.2. The Morgan fingerprint density at radius 1 is 0.977 bits per heavy atom. The number of hydrogen-bond acceptors (Lipinski definition) is 5. The van der Waals surface area contributed by atoms with Gasteiger partial charge in [0.2, 0.25) is 15.9 Å². The minimum atomic E-state index is -4.85. The molecule has 230 valence electrons. The van der Waals surface area contributed by atoms with E-state index in [1.165, 1.54) is 7.05 Å². The minimum Gasteiger partial charge on any atom is -0.359 e. The van der Waals surface area contributed by atoms with Gasteiger partial charge in [0.25, 0.3) is 5.91 Å². The fourth-order valence-corrected chi connectivity index (χ4v) is 6.39. The van der Waals surface area contributed by atoms with Gasteiger partial charge in [-0.2, -0.15) is 13.2 Å². The number of amides is 2. The summed E-state index contributed by atoms with van der Waals surface area (Å²) in [6.45, 7) is 0.258. The van der Waals surface area contributed by atoms with Crippen LogP contribution in [-0.2, 0) is 21.0 Å². The number of carbonyl (C=O) groups excluding carboxylic acids is 2. The largest absolute Gasteiger partial charge is 0.416 e. The van der Waals surface area contributed by atoms with Crippen LogP contribution in [0.1, 0.15) is 39.5 Å². The van der Waals surface area contributed by atoms with Crippen LogP contribution in [0, 0.1) is 0 Å². The molecule has 0 saturated carbocycles. The Bertz CT molecular complexity index is 1540. The van der Waals surface area contributed by atoms with Crippen LogP contribution >= 0.6 is 23.2 Å². The van der Waals surface area contributed by atoms with Crippen LogP contribution in [0.15, 0.2) is 66.7 Å². The second-order valence-corrected chi connectivity index (χ2v) is 12.8. The molecule has 0 atom stereocenters. The molecule has 0 unspecified atom stereocenters. The maximum atomic E-state index is 13.9. The standard InChI is InChI=1S/C29H29Cl2F3N4O4S/c1-35-26(39)11-12-36-28(40)20-13-21(29(32,33)34)15-24(14-20)38(43(2,41)42)25-16-37(17-25)27(18-3-7-22(30)8-4-18)19-5-9-23(31)10-6-19/h3-10,13-15,25,27H,11-12,16-17H2,1-2H3,(H,35,39)(H,36,40). The van der Waals surface area contributed by atoms with Crippen molar-refractivity contribution in [1.29, 1.82) is 0 Å². The summed E-state index contributed by atoms with van der Waals surface area (Å²) in [6, 6.07) is 15.8. The van der Waals surface area contributed by atoms with E-state index in [4.69, 9.17) is 23.2 Å². The van der Waals surface area contributed by atoms with Crippen molar-refractivity contribution in [1.82, 2.24) is 15.5 Å². The number of alkyl halides is 3. The van der Waals surface area contributed by atoms with Crippen molar-refractivity contribution in [3.05, 3.63) is 99.0 Å². The molecule has 1 fully saturated rings. The van der Waals surface area contributed by atoms with Gasteiger partial charge in [0.05, 0.1) is 29.6 Å². The lowest BCUT2D eigenvalue weighted by atomic mass is 9.93. The van der Waals surface area contributed by atoms with Crippen LogP contribution in [0.5, 0.6) is 0 Å². The molecule has 2 amide bonds. The van der Waals surface area contributed by atoms with E-state index in [1.54, 1.807) is 24.3 Å². The Labute approximate surface area is 257 Å². The average Bonchev–Trinajstić information content (AvgIpc) is 2.92. The van der Waals surface area contributed by atoms with Gasteiger partial charge in [-0.3, -0.25) is 18.8 Å². The van der Waals surface area contributed by atoms with Crippen molar-refractivity contribution in [3.8, 4) is 0 Å². The Hall–Kier alpha value is -3.32. The van der Waals surface area contributed by atoms with Crippen LogP contribution in [0.25, 0.3) is 0 Å². The molecular formula is C29H29Cl2F3N4O4S. The Balaban J connectivity index is 1.66. The van der Waals surface area contributed by atoms with Crippen LogP contribution in [0.4, 0.5) is 18.9 Å². The summed E-state index contributed by atoms with van der Waals surface area (Å²) >= 11 is 12.2. The van der Waals surface area contributed by atoms with Crippen molar-refractivity contribution in [2.24, 2.45) is 0 Å². The minimum absolute atomic E-state index is 0.0795. The third-order valence-corrected chi connectivity index (χ3v) is 8.72. The lowest BCUT2D eigenvalue weighted by Gasteiger charge is -2.49. The number of benzene rings is 3. The first-order valence-corrected chi connectivity index (χ1v) is 15.7. The molecule has 0 aromatic heterocycles. The molecule has 1 aliphatic rings. The van der Waals surface area contributed by atoms with E-state index in [-0.39, 0.29) is 49.3 Å². The van der Waals surface area contributed by atoms with Gasteiger partial charge in [-0.15, -0.1) is 0 Å². The van der Waals surface area contributed by atoms with E-state index < -0.39 is 33.7 Å². The summed E-state index contributed by atoms with van der Waals surface area (Å²) < 4.78 is 68.7. The number of halogens is 5. The summed E-state index contributed by atoms with van der Waals surface area (Å²) in [5, 5.41) is 5.88. The molecule has 0 aliphatic carbocycles. The smallest absolute Gasteiger partial charge is 0.359 e. The van der Waals surface area contributed by atoms with Crippen LogP contribution in [0.2, 0.25) is 10.0 Å². The van der Waals surface area contributed by atoms with Crippen molar-refractivity contribution < 1.29 is 31.2 Å². The molecule has 1 heterocycles. The molecule has 1 aliphatic heterocycles. The van der Waals surface area contributed by atoms with Crippen LogP contribution in [-0.4, -0.2) is 64.1 Å². The number of anilines is 1. The highest BCUT2D eigenvalue weighted by Crippen LogP contribution is 2.39. The zero-order valence-electron chi connectivity index (χ0n) is 23.2. The van der Waals surface area contributed by atoms with Crippen molar-refractivity contribution in [2.45, 2.75) is 24.7 Å². The van der Waals surface area contributed by atoms with E-state index in [0.29, 0.717) is 16.1 Å². The first-order chi connectivity index (χ1) is 20.2. The summed E-state index contributed by atoms with van der Waals surface area (Å²) in [7, 11) is -2.67. The van der Waals surface area contributed by atoms with Crippen molar-refractivity contribution in [3.63, 3.8) is 0 Å². The molecule has 8 nitrogen and oxygen atoms in total. The highest BCUT2D eigenvalue weighted by molar-refractivity contribution is 7.92. The highest BCUT2D eigenvalue weighted by Gasteiger charge is 2.42. The fraction of sp³-hybridized carbons (Fsp3) is 0.310. The first-order valence-electron chi connectivity index (χ1n) is 13.1. The predicted molar refractivity (Wildman–Crippen MR) is 160 cm³/mol. The van der Waals surface area contributed by atoms with E-state index >= 15 is 0 Å². The van der Waals surface area contributed by atoms with Crippen LogP contribution in [0.3, 0.4) is 0 Å². The summed E-state index contributed by atoms with van der Waals surface area (Å²) in [5.41, 5.74) is -0.0806. The number of sulfonamides is 1. The van der Waals surface area contributed by atoms with Gasteiger partial charge in [-0.05, 0) is 53.6 Å². The molecule has 43 heavy (non-hydrogen) atoms. The van der Waals surface area contributed by atoms with Gasteiger partial charge in [-0.25, -0.2) is 8.42 Å². The molecule has 0 spiro atoms. The molecule has 0 radical (unpaired) electrons. The van der Waals surface area contributed by atoms with Gasteiger partial charge in [-0.1, -0.05) is 47.5 Å². The third kappa shape index (κ3) is 7.99. The molecule has 0 bridgehead atoms. The zero-order chi connectivity index (χ0) is 31.5. The third-order valence-electron chi connectivity index (χ3n) is 6.99. The Morgan fingerprint density at radius 3 is 1.98 bits per heavy atom. The maximum absolute atomic E-state index is 13.9. The Kier molecular flexibility index (Phi) is 9.95. The second-order valence-electron chi connectivity index (χ2n) is 10.1. The second kappa shape index (κ2) is 13.1. The monoisotopic (exact) mass is 656 g/mol. The van der Waals surface area contributed by atoms with E-state index in [2.05, 4.69) is 10.6 Å². The summed E-state index contributed by atoms with van der Waals surface area (Å²) in [5.74, 6) is -1.23. The van der Waals surface area contributed by atoms with Crippen LogP contribution < -0.4 is 14.9 Å². The number of nitrogens with zero attached hydrogens (tertiary/aromatic N) is 2. The average molecular weight is 658 g/mol. The van der Waals surface area contributed by atoms with E-state index in [9.17, 15) is 31.2 Å². The number of hydrogen-bond donors (Lipinski definition) is 2.